The lowest BCUT2D eigenvalue weighted by molar-refractivity contribution is 0.515. The number of rotatable bonds is 4. The molecule has 1 aliphatic rings. The number of nitrogens with zero attached hydrogens (tertiary/aromatic N) is 1. The number of aromatic amines is 1. The van der Waals surface area contributed by atoms with E-state index in [1.165, 1.54) is 43.5 Å². The Bertz CT molecular complexity index is 752. The Balaban J connectivity index is 1.89. The van der Waals surface area contributed by atoms with Gasteiger partial charge in [-0.2, -0.15) is 0 Å². The van der Waals surface area contributed by atoms with Crippen LogP contribution < -0.4 is 5.56 Å². The average molecular weight is 350 g/mol. The topological polar surface area (TPSA) is 45.8 Å². The second-order valence-electron chi connectivity index (χ2n) is 6.21. The number of nitrogens with one attached hydrogen (secondary N) is 1. The van der Waals surface area contributed by atoms with Gasteiger partial charge in [0.15, 0.2) is 5.16 Å². The van der Waals surface area contributed by atoms with Crippen LogP contribution in [0.25, 0.3) is 0 Å². The molecule has 1 saturated carbocycles. The molecule has 3 nitrogen and oxygen atoms in total. The number of aromatic nitrogens is 2. The van der Waals surface area contributed by atoms with Crippen molar-refractivity contribution in [3.05, 3.63) is 57.5 Å². The van der Waals surface area contributed by atoms with Crippen LogP contribution in [0.1, 0.15) is 56.2 Å². The average Bonchev–Trinajstić information content (AvgIpc) is 2.55. The SMILES string of the molecule is CC(c1cc(=O)[nH]c(SC2CCCCC2)n1)c1c(F)cccc1F. The molecule has 0 saturated heterocycles. The van der Waals surface area contributed by atoms with Gasteiger partial charge in [0.05, 0.1) is 5.69 Å². The predicted molar refractivity (Wildman–Crippen MR) is 91.5 cm³/mol. The Labute approximate surface area is 143 Å². The standard InChI is InChI=1S/C18H20F2N2OS/c1-11(17-13(19)8-5-9-14(17)20)15-10-16(23)22-18(21-15)24-12-6-3-2-4-7-12/h5,8-12H,2-4,6-7H2,1H3,(H,21,22,23). The molecule has 0 radical (unpaired) electrons. The maximum absolute atomic E-state index is 14.0. The number of hydrogen-bond donors (Lipinski definition) is 1. The van der Waals surface area contributed by atoms with E-state index in [1.807, 2.05) is 0 Å². The van der Waals surface area contributed by atoms with Crippen LogP contribution in [0.15, 0.2) is 34.2 Å². The third-order valence-corrected chi connectivity index (χ3v) is 5.67. The Morgan fingerprint density at radius 3 is 2.54 bits per heavy atom. The molecule has 1 aromatic heterocycles. The summed E-state index contributed by atoms with van der Waals surface area (Å²) in [4.78, 5) is 19.2. The molecule has 128 valence electrons. The number of halogens is 2. The molecular formula is C18H20F2N2OS. The summed E-state index contributed by atoms with van der Waals surface area (Å²) >= 11 is 1.56. The molecule has 0 aliphatic heterocycles. The van der Waals surface area contributed by atoms with Gasteiger partial charge in [0.2, 0.25) is 0 Å². The van der Waals surface area contributed by atoms with E-state index >= 15 is 0 Å². The zero-order chi connectivity index (χ0) is 17.1. The molecule has 0 amide bonds. The Morgan fingerprint density at radius 1 is 1.21 bits per heavy atom. The first kappa shape index (κ1) is 17.1. The van der Waals surface area contributed by atoms with Crippen LogP contribution in [0.2, 0.25) is 0 Å². The van der Waals surface area contributed by atoms with Crippen molar-refractivity contribution in [2.45, 2.75) is 55.4 Å². The van der Waals surface area contributed by atoms with Crippen molar-refractivity contribution < 1.29 is 8.78 Å². The third-order valence-electron chi connectivity index (χ3n) is 4.45. The van der Waals surface area contributed by atoms with Crippen molar-refractivity contribution in [2.75, 3.05) is 0 Å². The number of hydrogen-bond acceptors (Lipinski definition) is 3. The van der Waals surface area contributed by atoms with Gasteiger partial charge in [0, 0.05) is 22.8 Å². The molecule has 0 spiro atoms. The summed E-state index contributed by atoms with van der Waals surface area (Å²) in [6.07, 6.45) is 5.85. The van der Waals surface area contributed by atoms with Gasteiger partial charge < -0.3 is 4.98 Å². The van der Waals surface area contributed by atoms with Crippen LogP contribution >= 0.6 is 11.8 Å². The van der Waals surface area contributed by atoms with E-state index in [1.54, 1.807) is 18.7 Å². The van der Waals surface area contributed by atoms with Crippen LogP contribution in [-0.4, -0.2) is 15.2 Å². The summed E-state index contributed by atoms with van der Waals surface area (Å²) in [5.74, 6) is -1.86. The highest BCUT2D eigenvalue weighted by Crippen LogP contribution is 2.33. The molecule has 3 rings (SSSR count). The molecule has 6 heteroatoms. The first-order valence-electron chi connectivity index (χ1n) is 8.26. The highest BCUT2D eigenvalue weighted by molar-refractivity contribution is 7.99. The van der Waals surface area contributed by atoms with Crippen molar-refractivity contribution in [1.29, 1.82) is 0 Å². The van der Waals surface area contributed by atoms with E-state index in [0.717, 1.165) is 12.8 Å². The van der Waals surface area contributed by atoms with Crippen LogP contribution in [0.4, 0.5) is 8.78 Å². The monoisotopic (exact) mass is 350 g/mol. The molecule has 1 aromatic carbocycles. The first-order valence-corrected chi connectivity index (χ1v) is 9.14. The van der Waals surface area contributed by atoms with Crippen LogP contribution in [0.3, 0.4) is 0 Å². The molecule has 1 N–H and O–H groups in total. The van der Waals surface area contributed by atoms with E-state index in [2.05, 4.69) is 9.97 Å². The lowest BCUT2D eigenvalue weighted by Crippen LogP contribution is -2.16. The second-order valence-corrected chi connectivity index (χ2v) is 7.50. The normalized spacial score (nSPS) is 17.0. The largest absolute Gasteiger partial charge is 0.301 e. The minimum Gasteiger partial charge on any atom is -0.301 e. The highest BCUT2D eigenvalue weighted by Gasteiger charge is 2.21. The zero-order valence-corrected chi connectivity index (χ0v) is 14.3. The summed E-state index contributed by atoms with van der Waals surface area (Å²) in [6.45, 7) is 1.67. The highest BCUT2D eigenvalue weighted by atomic mass is 32.2. The van der Waals surface area contributed by atoms with E-state index in [0.29, 0.717) is 16.1 Å². The van der Waals surface area contributed by atoms with Crippen molar-refractivity contribution >= 4 is 11.8 Å². The lowest BCUT2D eigenvalue weighted by Gasteiger charge is -2.20. The number of thioether (sulfide) groups is 1. The molecule has 1 unspecified atom stereocenters. The van der Waals surface area contributed by atoms with Crippen molar-refractivity contribution in [1.82, 2.24) is 9.97 Å². The van der Waals surface area contributed by atoms with E-state index in [4.69, 9.17) is 0 Å². The maximum Gasteiger partial charge on any atom is 0.251 e. The summed E-state index contributed by atoms with van der Waals surface area (Å²) in [6, 6.07) is 5.09. The van der Waals surface area contributed by atoms with Gasteiger partial charge in [-0.1, -0.05) is 44.0 Å². The molecule has 0 bridgehead atoms. The Hall–Kier alpha value is -1.69. The van der Waals surface area contributed by atoms with Gasteiger partial charge in [0.25, 0.3) is 5.56 Å². The van der Waals surface area contributed by atoms with Crippen molar-refractivity contribution in [3.8, 4) is 0 Å². The fraction of sp³-hybridized carbons (Fsp3) is 0.444. The molecular weight excluding hydrogens is 330 g/mol. The molecule has 1 heterocycles. The molecule has 1 aliphatic carbocycles. The Kier molecular flexibility index (Phi) is 5.33. The fourth-order valence-electron chi connectivity index (χ4n) is 3.14. The first-order chi connectivity index (χ1) is 11.5. The summed E-state index contributed by atoms with van der Waals surface area (Å²) < 4.78 is 28.0. The zero-order valence-electron chi connectivity index (χ0n) is 13.5. The number of benzene rings is 1. The number of H-pyrrole nitrogens is 1. The molecule has 1 fully saturated rings. The molecule has 1 atom stereocenters. The van der Waals surface area contributed by atoms with Gasteiger partial charge in [-0.05, 0) is 25.0 Å². The molecule has 24 heavy (non-hydrogen) atoms. The fourth-order valence-corrected chi connectivity index (χ4v) is 4.35. The quantitative estimate of drug-likeness (QED) is 0.818. The lowest BCUT2D eigenvalue weighted by atomic mass is 9.96. The van der Waals surface area contributed by atoms with E-state index < -0.39 is 17.6 Å². The van der Waals surface area contributed by atoms with Gasteiger partial charge in [-0.15, -0.1) is 0 Å². The van der Waals surface area contributed by atoms with E-state index in [-0.39, 0.29) is 11.1 Å². The van der Waals surface area contributed by atoms with E-state index in [9.17, 15) is 13.6 Å². The van der Waals surface area contributed by atoms with Crippen LogP contribution in [-0.2, 0) is 0 Å². The smallest absolute Gasteiger partial charge is 0.251 e. The third kappa shape index (κ3) is 3.86. The predicted octanol–water partition coefficient (Wildman–Crippen LogP) is 4.62. The van der Waals surface area contributed by atoms with Gasteiger partial charge in [0.1, 0.15) is 11.6 Å². The Morgan fingerprint density at radius 2 is 1.88 bits per heavy atom. The van der Waals surface area contributed by atoms with Crippen LogP contribution in [0.5, 0.6) is 0 Å². The summed E-state index contributed by atoms with van der Waals surface area (Å²) in [7, 11) is 0. The minimum atomic E-state index is -0.626. The van der Waals surface area contributed by atoms with Crippen LogP contribution in [0, 0.1) is 11.6 Å². The van der Waals surface area contributed by atoms with Crippen molar-refractivity contribution in [3.63, 3.8) is 0 Å². The summed E-state index contributed by atoms with van der Waals surface area (Å²) in [5.41, 5.74) is 0.0483. The van der Waals surface area contributed by atoms with Gasteiger partial charge in [-0.25, -0.2) is 13.8 Å². The maximum atomic E-state index is 14.0. The minimum absolute atomic E-state index is 0.0517. The van der Waals surface area contributed by atoms with Gasteiger partial charge >= 0.3 is 0 Å². The van der Waals surface area contributed by atoms with Crippen molar-refractivity contribution in [2.24, 2.45) is 0 Å². The summed E-state index contributed by atoms with van der Waals surface area (Å²) in [5, 5.41) is 0.977. The molecule has 2 aromatic rings. The van der Waals surface area contributed by atoms with Gasteiger partial charge in [-0.3, -0.25) is 4.79 Å². The second kappa shape index (κ2) is 7.47.